The number of carboxylic acid groups (broad SMARTS) is 1. The van der Waals surface area contributed by atoms with E-state index in [0.29, 0.717) is 5.56 Å². The highest BCUT2D eigenvalue weighted by Gasteiger charge is 2.26. The quantitative estimate of drug-likeness (QED) is 0.261. The molecule has 0 aliphatic rings. The summed E-state index contributed by atoms with van der Waals surface area (Å²) >= 11 is 0. The van der Waals surface area contributed by atoms with Crippen LogP contribution in [0.1, 0.15) is 37.6 Å². The van der Waals surface area contributed by atoms with Crippen LogP contribution in [0.4, 0.5) is 0 Å². The van der Waals surface area contributed by atoms with E-state index in [2.05, 4.69) is 21.3 Å². The predicted molar refractivity (Wildman–Crippen MR) is 113 cm³/mol. The number of benzene rings is 1. The van der Waals surface area contributed by atoms with E-state index in [-0.39, 0.29) is 18.2 Å². The van der Waals surface area contributed by atoms with Gasteiger partial charge in [-0.3, -0.25) is 28.8 Å². The van der Waals surface area contributed by atoms with Crippen molar-refractivity contribution >= 4 is 35.4 Å². The fraction of sp³-hybridized carbons (Fsp3) is 0.429. The van der Waals surface area contributed by atoms with Crippen LogP contribution < -0.4 is 21.3 Å². The molecule has 0 saturated carbocycles. The van der Waals surface area contributed by atoms with E-state index in [4.69, 9.17) is 5.11 Å². The van der Waals surface area contributed by atoms with Crippen molar-refractivity contribution in [1.29, 1.82) is 0 Å². The van der Waals surface area contributed by atoms with E-state index >= 15 is 0 Å². The highest BCUT2D eigenvalue weighted by molar-refractivity contribution is 6.00. The van der Waals surface area contributed by atoms with E-state index in [9.17, 15) is 28.8 Å². The minimum atomic E-state index is -1.34. The standard InChI is InChI=1S/C21H28N4O7/c1-12(2)19(21(32)22-10-16(27)14-7-5-4-6-8-14)25-17(28)11-23-20(31)15(9-18(29)30)24-13(3)26/h4-8,12,15,19H,9-11H2,1-3H3,(H,22,32)(H,23,31)(H,24,26)(H,25,28)(H,29,30)/t15-,19?/m0/s1. The van der Waals surface area contributed by atoms with Crippen molar-refractivity contribution in [3.05, 3.63) is 35.9 Å². The zero-order chi connectivity index (χ0) is 24.3. The Bertz CT molecular complexity index is 839. The lowest BCUT2D eigenvalue weighted by atomic mass is 10.0. The average Bonchev–Trinajstić information content (AvgIpc) is 2.73. The molecule has 1 unspecified atom stereocenters. The van der Waals surface area contributed by atoms with Crippen LogP contribution in [0, 0.1) is 5.92 Å². The molecule has 0 fully saturated rings. The molecule has 11 heteroatoms. The predicted octanol–water partition coefficient (Wildman–Crippen LogP) is -0.778. The van der Waals surface area contributed by atoms with E-state index in [1.54, 1.807) is 44.2 Å². The lowest BCUT2D eigenvalue weighted by Crippen LogP contribution is -2.54. The SMILES string of the molecule is CC(=O)N[C@@H](CC(=O)O)C(=O)NCC(=O)NC(C(=O)NCC(=O)c1ccccc1)C(C)C. The normalized spacial score (nSPS) is 12.2. The molecule has 32 heavy (non-hydrogen) atoms. The Kier molecular flexibility index (Phi) is 10.5. The molecule has 0 aromatic heterocycles. The summed E-state index contributed by atoms with van der Waals surface area (Å²) in [6.45, 7) is 3.74. The number of carbonyl (C=O) groups is 6. The van der Waals surface area contributed by atoms with Crippen molar-refractivity contribution in [2.75, 3.05) is 13.1 Å². The van der Waals surface area contributed by atoms with Gasteiger partial charge in [-0.1, -0.05) is 44.2 Å². The number of nitrogens with one attached hydrogen (secondary N) is 4. The van der Waals surface area contributed by atoms with Gasteiger partial charge in [-0.25, -0.2) is 0 Å². The molecule has 0 spiro atoms. The van der Waals surface area contributed by atoms with Gasteiger partial charge in [0.15, 0.2) is 5.78 Å². The van der Waals surface area contributed by atoms with Gasteiger partial charge < -0.3 is 26.4 Å². The fourth-order valence-corrected chi connectivity index (χ4v) is 2.68. The second kappa shape index (κ2) is 12.8. The first-order valence-corrected chi connectivity index (χ1v) is 9.93. The van der Waals surface area contributed by atoms with Gasteiger partial charge in [0.05, 0.1) is 19.5 Å². The van der Waals surface area contributed by atoms with Crippen LogP contribution in [0.25, 0.3) is 0 Å². The number of hydrogen-bond donors (Lipinski definition) is 5. The lowest BCUT2D eigenvalue weighted by molar-refractivity contribution is -0.140. The van der Waals surface area contributed by atoms with Crippen molar-refractivity contribution in [2.45, 2.75) is 39.3 Å². The molecular weight excluding hydrogens is 420 g/mol. The molecule has 0 aliphatic heterocycles. The summed E-state index contributed by atoms with van der Waals surface area (Å²) in [5, 5.41) is 18.2. The summed E-state index contributed by atoms with van der Waals surface area (Å²) in [6.07, 6.45) is -0.653. The summed E-state index contributed by atoms with van der Waals surface area (Å²) in [5.74, 6) is -4.62. The number of aliphatic carboxylic acids is 1. The van der Waals surface area contributed by atoms with E-state index in [0.717, 1.165) is 6.92 Å². The highest BCUT2D eigenvalue weighted by atomic mass is 16.4. The first-order chi connectivity index (χ1) is 15.0. The van der Waals surface area contributed by atoms with Crippen molar-refractivity contribution < 1.29 is 33.9 Å². The Labute approximate surface area is 185 Å². The molecule has 0 aliphatic carbocycles. The Morgan fingerprint density at radius 3 is 2.00 bits per heavy atom. The largest absolute Gasteiger partial charge is 0.481 e. The van der Waals surface area contributed by atoms with Crippen LogP contribution >= 0.6 is 0 Å². The molecule has 0 heterocycles. The Morgan fingerprint density at radius 2 is 1.47 bits per heavy atom. The molecule has 0 radical (unpaired) electrons. The van der Waals surface area contributed by atoms with Crippen LogP contribution in [0.3, 0.4) is 0 Å². The number of Topliss-reactive ketones (excluding diaryl/α,β-unsaturated/α-hetero) is 1. The third-order valence-electron chi connectivity index (χ3n) is 4.28. The summed E-state index contributed by atoms with van der Waals surface area (Å²) in [4.78, 5) is 70.9. The summed E-state index contributed by atoms with van der Waals surface area (Å²) in [7, 11) is 0. The van der Waals surface area contributed by atoms with Gasteiger partial charge in [-0.05, 0) is 5.92 Å². The van der Waals surface area contributed by atoms with Crippen LogP contribution in [-0.4, -0.2) is 65.7 Å². The van der Waals surface area contributed by atoms with Gasteiger partial charge in [-0.2, -0.15) is 0 Å². The number of ketones is 1. The number of hydrogen-bond acceptors (Lipinski definition) is 6. The molecule has 2 atom stereocenters. The minimum absolute atomic E-state index is 0.244. The summed E-state index contributed by atoms with van der Waals surface area (Å²) in [5.41, 5.74) is 0.440. The number of carbonyl (C=O) groups excluding carboxylic acids is 5. The van der Waals surface area contributed by atoms with Gasteiger partial charge in [-0.15, -0.1) is 0 Å². The molecule has 1 aromatic carbocycles. The third-order valence-corrected chi connectivity index (χ3v) is 4.28. The van der Waals surface area contributed by atoms with Gasteiger partial charge >= 0.3 is 5.97 Å². The van der Waals surface area contributed by atoms with E-state index < -0.39 is 54.6 Å². The molecule has 4 amide bonds. The maximum atomic E-state index is 12.5. The van der Waals surface area contributed by atoms with Gasteiger partial charge in [0.2, 0.25) is 23.6 Å². The molecule has 1 rings (SSSR count). The molecule has 11 nitrogen and oxygen atoms in total. The van der Waals surface area contributed by atoms with Crippen LogP contribution in [0.5, 0.6) is 0 Å². The molecule has 5 N–H and O–H groups in total. The third kappa shape index (κ3) is 9.37. The molecule has 1 aromatic rings. The number of carboxylic acids is 1. The van der Waals surface area contributed by atoms with Crippen molar-refractivity contribution in [2.24, 2.45) is 5.92 Å². The maximum absolute atomic E-state index is 12.5. The number of amides is 4. The van der Waals surface area contributed by atoms with Crippen LogP contribution in [0.15, 0.2) is 30.3 Å². The molecule has 0 saturated heterocycles. The monoisotopic (exact) mass is 448 g/mol. The summed E-state index contributed by atoms with van der Waals surface area (Å²) in [6, 6.07) is 6.10. The maximum Gasteiger partial charge on any atom is 0.305 e. The topological polar surface area (TPSA) is 171 Å². The Balaban J connectivity index is 2.61. The van der Waals surface area contributed by atoms with Gasteiger partial charge in [0, 0.05) is 12.5 Å². The first kappa shape index (κ1) is 26.3. The Morgan fingerprint density at radius 1 is 0.875 bits per heavy atom. The first-order valence-electron chi connectivity index (χ1n) is 9.93. The van der Waals surface area contributed by atoms with Crippen LogP contribution in [-0.2, 0) is 24.0 Å². The van der Waals surface area contributed by atoms with Crippen molar-refractivity contribution in [1.82, 2.24) is 21.3 Å². The zero-order valence-corrected chi connectivity index (χ0v) is 18.1. The fourth-order valence-electron chi connectivity index (χ4n) is 2.68. The van der Waals surface area contributed by atoms with E-state index in [1.807, 2.05) is 0 Å². The second-order valence-electron chi connectivity index (χ2n) is 7.36. The zero-order valence-electron chi connectivity index (χ0n) is 18.1. The van der Waals surface area contributed by atoms with Gasteiger partial charge in [0.1, 0.15) is 12.1 Å². The van der Waals surface area contributed by atoms with Crippen molar-refractivity contribution in [3.63, 3.8) is 0 Å². The Hall–Kier alpha value is -3.76. The smallest absolute Gasteiger partial charge is 0.305 e. The minimum Gasteiger partial charge on any atom is -0.481 e. The van der Waals surface area contributed by atoms with Crippen molar-refractivity contribution in [3.8, 4) is 0 Å². The second-order valence-corrected chi connectivity index (χ2v) is 7.36. The molecule has 0 bridgehead atoms. The lowest BCUT2D eigenvalue weighted by Gasteiger charge is -2.22. The molecule has 174 valence electrons. The molecular formula is C21H28N4O7. The average molecular weight is 448 g/mol. The number of rotatable bonds is 12. The highest BCUT2D eigenvalue weighted by Crippen LogP contribution is 2.03. The summed E-state index contributed by atoms with van der Waals surface area (Å²) < 4.78 is 0. The van der Waals surface area contributed by atoms with E-state index in [1.165, 1.54) is 0 Å². The van der Waals surface area contributed by atoms with Gasteiger partial charge in [0.25, 0.3) is 0 Å². The van der Waals surface area contributed by atoms with Crippen LogP contribution in [0.2, 0.25) is 0 Å².